The number of aliphatic carboxylic acids is 1. The third kappa shape index (κ3) is 3.47. The molecule has 0 aromatic heterocycles. The molecule has 1 fully saturated rings. The zero-order valence-corrected chi connectivity index (χ0v) is 15.8. The Bertz CT molecular complexity index is 867. The zero-order chi connectivity index (χ0) is 19.7. The smallest absolute Gasteiger partial charge is 0.407 e. The molecule has 1 aliphatic carbocycles. The molecule has 2 aromatic rings. The zero-order valence-electron chi connectivity index (χ0n) is 15.8. The molecule has 0 bridgehead atoms. The van der Waals surface area contributed by atoms with Gasteiger partial charge in [-0.3, -0.25) is 4.79 Å². The van der Waals surface area contributed by atoms with Crippen molar-refractivity contribution >= 4 is 12.1 Å². The minimum atomic E-state index is -0.935. The maximum Gasteiger partial charge on any atom is 0.407 e. The number of carboxylic acids is 1. The highest BCUT2D eigenvalue weighted by Crippen LogP contribution is 2.44. The van der Waals surface area contributed by atoms with E-state index < -0.39 is 17.6 Å². The largest absolute Gasteiger partial charge is 0.481 e. The number of nitrogens with one attached hydrogen (secondary N) is 2. The number of carbonyl (C=O) groups is 2. The van der Waals surface area contributed by atoms with E-state index in [4.69, 9.17) is 4.74 Å². The van der Waals surface area contributed by atoms with Crippen LogP contribution in [-0.2, 0) is 9.53 Å². The van der Waals surface area contributed by atoms with Gasteiger partial charge in [-0.2, -0.15) is 0 Å². The van der Waals surface area contributed by atoms with Gasteiger partial charge in [0.15, 0.2) is 0 Å². The fourth-order valence-corrected chi connectivity index (χ4v) is 4.51. The van der Waals surface area contributed by atoms with Crippen LogP contribution in [0.25, 0.3) is 11.1 Å². The average molecular weight is 380 g/mol. The number of hydrogen-bond acceptors (Lipinski definition) is 4. The second-order valence-corrected chi connectivity index (χ2v) is 7.79. The SMILES string of the molecule is CC1CC(CC(=O)O)(NC(=O)OCC2c3ccccc3-c3ccccc32)CN1. The second-order valence-electron chi connectivity index (χ2n) is 7.79. The summed E-state index contributed by atoms with van der Waals surface area (Å²) >= 11 is 0. The summed E-state index contributed by atoms with van der Waals surface area (Å²) in [7, 11) is 0. The van der Waals surface area contributed by atoms with E-state index in [1.165, 1.54) is 11.1 Å². The molecule has 1 aliphatic heterocycles. The monoisotopic (exact) mass is 380 g/mol. The molecule has 0 radical (unpaired) electrons. The highest BCUT2D eigenvalue weighted by atomic mass is 16.5. The third-order valence-corrected chi connectivity index (χ3v) is 5.69. The molecule has 28 heavy (non-hydrogen) atoms. The Morgan fingerprint density at radius 2 is 1.75 bits per heavy atom. The van der Waals surface area contributed by atoms with Crippen molar-refractivity contribution < 1.29 is 19.4 Å². The van der Waals surface area contributed by atoms with Crippen LogP contribution in [-0.4, -0.2) is 41.9 Å². The molecule has 2 aromatic carbocycles. The van der Waals surface area contributed by atoms with Crippen LogP contribution in [0.4, 0.5) is 4.79 Å². The number of carbonyl (C=O) groups excluding carboxylic acids is 1. The van der Waals surface area contributed by atoms with Gasteiger partial charge in [-0.05, 0) is 35.6 Å². The molecule has 0 saturated carbocycles. The number of carboxylic acid groups (broad SMARTS) is 1. The number of rotatable bonds is 5. The summed E-state index contributed by atoms with van der Waals surface area (Å²) < 4.78 is 5.57. The highest BCUT2D eigenvalue weighted by molar-refractivity contribution is 5.79. The lowest BCUT2D eigenvalue weighted by Crippen LogP contribution is -2.51. The lowest BCUT2D eigenvalue weighted by atomic mass is 9.92. The van der Waals surface area contributed by atoms with E-state index in [9.17, 15) is 14.7 Å². The van der Waals surface area contributed by atoms with Crippen LogP contribution in [0.1, 0.15) is 36.8 Å². The lowest BCUT2D eigenvalue weighted by Gasteiger charge is -2.28. The fourth-order valence-electron chi connectivity index (χ4n) is 4.51. The maximum absolute atomic E-state index is 12.5. The van der Waals surface area contributed by atoms with Gasteiger partial charge in [0.1, 0.15) is 6.61 Å². The maximum atomic E-state index is 12.5. The predicted octanol–water partition coefficient (Wildman–Crippen LogP) is 3.12. The first-order valence-corrected chi connectivity index (χ1v) is 9.56. The van der Waals surface area contributed by atoms with Crippen LogP contribution >= 0.6 is 0 Å². The molecule has 2 unspecified atom stereocenters. The Labute approximate surface area is 163 Å². The molecule has 6 heteroatoms. The van der Waals surface area contributed by atoms with E-state index in [2.05, 4.69) is 34.9 Å². The van der Waals surface area contributed by atoms with E-state index in [-0.39, 0.29) is 25.0 Å². The van der Waals surface area contributed by atoms with Gasteiger partial charge >= 0.3 is 12.1 Å². The number of ether oxygens (including phenoxy) is 1. The lowest BCUT2D eigenvalue weighted by molar-refractivity contribution is -0.138. The van der Waals surface area contributed by atoms with Gasteiger partial charge < -0.3 is 20.5 Å². The molecule has 1 heterocycles. The summed E-state index contributed by atoms with van der Waals surface area (Å²) in [5.41, 5.74) is 3.82. The Hall–Kier alpha value is -2.86. The summed E-state index contributed by atoms with van der Waals surface area (Å²) in [6.45, 7) is 2.61. The number of alkyl carbamates (subject to hydrolysis) is 1. The molecule has 146 valence electrons. The first kappa shape index (κ1) is 18.5. The third-order valence-electron chi connectivity index (χ3n) is 5.69. The van der Waals surface area contributed by atoms with E-state index >= 15 is 0 Å². The predicted molar refractivity (Wildman–Crippen MR) is 105 cm³/mol. The van der Waals surface area contributed by atoms with Crippen molar-refractivity contribution in [2.75, 3.05) is 13.2 Å². The van der Waals surface area contributed by atoms with Gasteiger partial charge in [-0.25, -0.2) is 4.79 Å². The Morgan fingerprint density at radius 3 is 2.29 bits per heavy atom. The average Bonchev–Trinajstić information content (AvgIpc) is 3.17. The number of benzene rings is 2. The van der Waals surface area contributed by atoms with E-state index in [0.29, 0.717) is 13.0 Å². The number of hydrogen-bond donors (Lipinski definition) is 3. The highest BCUT2D eigenvalue weighted by Gasteiger charge is 2.41. The standard InChI is InChI=1S/C22H24N2O4/c1-14-10-22(13-23-14,11-20(25)26)24-21(27)28-12-19-17-8-4-2-6-15(17)16-7-3-5-9-18(16)19/h2-9,14,19,23H,10-13H2,1H3,(H,24,27)(H,25,26). The Kier molecular flexibility index (Phi) is 4.81. The molecule has 0 spiro atoms. The van der Waals surface area contributed by atoms with E-state index in [1.54, 1.807) is 0 Å². The van der Waals surface area contributed by atoms with Crippen molar-refractivity contribution in [3.8, 4) is 11.1 Å². The summed E-state index contributed by atoms with van der Waals surface area (Å²) in [4.78, 5) is 23.8. The topological polar surface area (TPSA) is 87.7 Å². The first-order valence-electron chi connectivity index (χ1n) is 9.56. The van der Waals surface area contributed by atoms with Crippen LogP contribution in [0.5, 0.6) is 0 Å². The van der Waals surface area contributed by atoms with Crippen molar-refractivity contribution in [1.82, 2.24) is 10.6 Å². The van der Waals surface area contributed by atoms with Crippen molar-refractivity contribution in [1.29, 1.82) is 0 Å². The fraction of sp³-hybridized carbons (Fsp3) is 0.364. The normalized spacial score (nSPS) is 23.1. The number of fused-ring (bicyclic) bond motifs is 3. The summed E-state index contributed by atoms with van der Waals surface area (Å²) in [5.74, 6) is -0.955. The molecule has 2 atom stereocenters. The van der Waals surface area contributed by atoms with Crippen molar-refractivity contribution in [2.24, 2.45) is 0 Å². The molecule has 1 saturated heterocycles. The van der Waals surface area contributed by atoms with Crippen LogP contribution < -0.4 is 10.6 Å². The van der Waals surface area contributed by atoms with Crippen LogP contribution in [0.3, 0.4) is 0 Å². The molecular formula is C22H24N2O4. The summed E-state index contributed by atoms with van der Waals surface area (Å²) in [5, 5.41) is 15.3. The van der Waals surface area contributed by atoms with Crippen molar-refractivity contribution in [3.63, 3.8) is 0 Å². The van der Waals surface area contributed by atoms with Gasteiger partial charge in [-0.1, -0.05) is 48.5 Å². The van der Waals surface area contributed by atoms with E-state index in [0.717, 1.165) is 11.1 Å². The molecular weight excluding hydrogens is 356 g/mol. The minimum absolute atomic E-state index is 0.0193. The quantitative estimate of drug-likeness (QED) is 0.742. The van der Waals surface area contributed by atoms with Crippen molar-refractivity contribution in [2.45, 2.75) is 37.3 Å². The summed E-state index contributed by atoms with van der Waals surface area (Å²) in [6, 6.07) is 16.4. The van der Waals surface area contributed by atoms with E-state index in [1.807, 2.05) is 31.2 Å². The molecule has 4 rings (SSSR count). The van der Waals surface area contributed by atoms with Gasteiger partial charge in [0, 0.05) is 18.5 Å². The molecule has 6 nitrogen and oxygen atoms in total. The molecule has 2 aliphatic rings. The second kappa shape index (κ2) is 7.28. The molecule has 1 amide bonds. The summed E-state index contributed by atoms with van der Waals surface area (Å²) in [6.07, 6.45) is -0.142. The Balaban J connectivity index is 1.47. The van der Waals surface area contributed by atoms with Crippen LogP contribution in [0.2, 0.25) is 0 Å². The van der Waals surface area contributed by atoms with Crippen LogP contribution in [0, 0.1) is 0 Å². The number of amides is 1. The van der Waals surface area contributed by atoms with Crippen LogP contribution in [0.15, 0.2) is 48.5 Å². The van der Waals surface area contributed by atoms with Gasteiger partial charge in [0.2, 0.25) is 0 Å². The minimum Gasteiger partial charge on any atom is -0.481 e. The first-order chi connectivity index (χ1) is 13.5. The van der Waals surface area contributed by atoms with Gasteiger partial charge in [-0.15, -0.1) is 0 Å². The van der Waals surface area contributed by atoms with Gasteiger partial charge in [0.05, 0.1) is 12.0 Å². The van der Waals surface area contributed by atoms with Gasteiger partial charge in [0.25, 0.3) is 0 Å². The Morgan fingerprint density at radius 1 is 1.14 bits per heavy atom. The van der Waals surface area contributed by atoms with Crippen molar-refractivity contribution in [3.05, 3.63) is 59.7 Å². The molecule has 3 N–H and O–H groups in total.